The van der Waals surface area contributed by atoms with E-state index in [0.717, 1.165) is 18.4 Å². The number of rotatable bonds is 2. The predicted molar refractivity (Wildman–Crippen MR) is 89.2 cm³/mol. The van der Waals surface area contributed by atoms with E-state index < -0.39 is 5.60 Å². The Morgan fingerprint density at radius 3 is 2.78 bits per heavy atom. The Kier molecular flexibility index (Phi) is 5.53. The second-order valence-corrected chi connectivity index (χ2v) is 7.53. The number of piperidine rings is 1. The molecule has 0 bridgehead atoms. The van der Waals surface area contributed by atoms with Crippen LogP contribution in [0.4, 0.5) is 4.79 Å². The molecule has 6 heteroatoms. The Balaban J connectivity index is 2.33. The smallest absolute Gasteiger partial charge is 0.410 e. The molecule has 1 N–H and O–H groups in total. The molecular weight excluding hydrogens is 316 g/mol. The van der Waals surface area contributed by atoms with E-state index in [4.69, 9.17) is 16.3 Å². The SMILES string of the molecule is C[C@H]1CCN(C(=O)OC(C)(C)C)[C@H](c2ccc(Cl)nc2CO)C1. The molecule has 1 saturated heterocycles. The van der Waals surface area contributed by atoms with Crippen LogP contribution in [0.2, 0.25) is 5.15 Å². The first-order valence-corrected chi connectivity index (χ1v) is 8.35. The molecule has 1 aromatic heterocycles. The topological polar surface area (TPSA) is 62.7 Å². The first kappa shape index (κ1) is 18.0. The van der Waals surface area contributed by atoms with Gasteiger partial charge in [-0.05, 0) is 51.2 Å². The zero-order chi connectivity index (χ0) is 17.2. The van der Waals surface area contributed by atoms with E-state index in [0.29, 0.717) is 23.3 Å². The van der Waals surface area contributed by atoms with Gasteiger partial charge in [-0.3, -0.25) is 0 Å². The molecule has 2 heterocycles. The molecule has 0 spiro atoms. The Labute approximate surface area is 142 Å². The second kappa shape index (κ2) is 7.05. The number of amides is 1. The second-order valence-electron chi connectivity index (χ2n) is 7.15. The maximum atomic E-state index is 12.6. The first-order valence-electron chi connectivity index (χ1n) is 7.97. The molecule has 1 aliphatic heterocycles. The lowest BCUT2D eigenvalue weighted by molar-refractivity contribution is 0.00480. The van der Waals surface area contributed by atoms with Gasteiger partial charge in [-0.25, -0.2) is 9.78 Å². The fraction of sp³-hybridized carbons (Fsp3) is 0.647. The van der Waals surface area contributed by atoms with Crippen molar-refractivity contribution in [3.63, 3.8) is 0 Å². The summed E-state index contributed by atoms with van der Waals surface area (Å²) in [5, 5.41) is 9.93. The summed E-state index contributed by atoms with van der Waals surface area (Å²) < 4.78 is 5.54. The van der Waals surface area contributed by atoms with Crippen molar-refractivity contribution >= 4 is 17.7 Å². The van der Waals surface area contributed by atoms with Gasteiger partial charge >= 0.3 is 6.09 Å². The highest BCUT2D eigenvalue weighted by Crippen LogP contribution is 2.36. The zero-order valence-corrected chi connectivity index (χ0v) is 14.9. The Morgan fingerprint density at radius 2 is 2.17 bits per heavy atom. The summed E-state index contributed by atoms with van der Waals surface area (Å²) in [6.07, 6.45) is 1.43. The fourth-order valence-electron chi connectivity index (χ4n) is 2.89. The quantitative estimate of drug-likeness (QED) is 0.828. The van der Waals surface area contributed by atoms with Crippen molar-refractivity contribution in [3.05, 3.63) is 28.5 Å². The molecule has 0 aromatic carbocycles. The lowest BCUT2D eigenvalue weighted by atomic mass is 9.88. The van der Waals surface area contributed by atoms with E-state index in [1.807, 2.05) is 26.8 Å². The molecule has 1 aliphatic rings. The van der Waals surface area contributed by atoms with Gasteiger partial charge in [-0.1, -0.05) is 24.6 Å². The molecule has 5 nitrogen and oxygen atoms in total. The van der Waals surface area contributed by atoms with E-state index in [1.54, 1.807) is 11.0 Å². The molecule has 0 aliphatic carbocycles. The number of carbonyl (C=O) groups is 1. The van der Waals surface area contributed by atoms with Crippen LogP contribution in [0.3, 0.4) is 0 Å². The summed E-state index contributed by atoms with van der Waals surface area (Å²) in [6.45, 7) is 8.17. The van der Waals surface area contributed by atoms with Crippen molar-refractivity contribution in [2.45, 2.75) is 58.8 Å². The van der Waals surface area contributed by atoms with Gasteiger partial charge in [0.1, 0.15) is 10.8 Å². The largest absolute Gasteiger partial charge is 0.444 e. The van der Waals surface area contributed by atoms with Crippen LogP contribution in [0.5, 0.6) is 0 Å². The third-order valence-electron chi connectivity index (χ3n) is 3.98. The normalized spacial score (nSPS) is 22.1. The number of ether oxygens (including phenoxy) is 1. The third-order valence-corrected chi connectivity index (χ3v) is 4.19. The molecule has 2 atom stereocenters. The van der Waals surface area contributed by atoms with Crippen LogP contribution in [0.1, 0.15) is 57.8 Å². The van der Waals surface area contributed by atoms with Crippen molar-refractivity contribution < 1.29 is 14.6 Å². The van der Waals surface area contributed by atoms with Crippen LogP contribution in [0.25, 0.3) is 0 Å². The van der Waals surface area contributed by atoms with Crippen molar-refractivity contribution in [1.29, 1.82) is 0 Å². The summed E-state index contributed by atoms with van der Waals surface area (Å²) in [6, 6.07) is 3.39. The molecule has 128 valence electrons. The van der Waals surface area contributed by atoms with Crippen molar-refractivity contribution in [2.75, 3.05) is 6.54 Å². The maximum Gasteiger partial charge on any atom is 0.410 e. The number of carbonyl (C=O) groups excluding carboxylic acids is 1. The van der Waals surface area contributed by atoms with Crippen molar-refractivity contribution in [3.8, 4) is 0 Å². The molecular formula is C17H25ClN2O3. The Hall–Kier alpha value is -1.33. The van der Waals surface area contributed by atoms with Crippen LogP contribution in [-0.2, 0) is 11.3 Å². The van der Waals surface area contributed by atoms with Crippen LogP contribution in [-0.4, -0.2) is 33.2 Å². The van der Waals surface area contributed by atoms with Crippen LogP contribution in [0.15, 0.2) is 12.1 Å². The number of aliphatic hydroxyl groups excluding tert-OH is 1. The molecule has 0 saturated carbocycles. The minimum absolute atomic E-state index is 0.152. The minimum Gasteiger partial charge on any atom is -0.444 e. The summed E-state index contributed by atoms with van der Waals surface area (Å²) in [5.41, 5.74) is 0.822. The van der Waals surface area contributed by atoms with E-state index in [2.05, 4.69) is 11.9 Å². The highest BCUT2D eigenvalue weighted by molar-refractivity contribution is 6.29. The maximum absolute atomic E-state index is 12.6. The number of hydrogen-bond donors (Lipinski definition) is 1. The van der Waals surface area contributed by atoms with Crippen molar-refractivity contribution in [2.24, 2.45) is 5.92 Å². The number of hydrogen-bond acceptors (Lipinski definition) is 4. The van der Waals surface area contributed by atoms with Crippen LogP contribution in [0, 0.1) is 5.92 Å². The van der Waals surface area contributed by atoms with E-state index in [-0.39, 0.29) is 18.7 Å². The lowest BCUT2D eigenvalue weighted by Gasteiger charge is -2.39. The summed E-state index contributed by atoms with van der Waals surface area (Å²) in [4.78, 5) is 18.5. The standard InChI is InChI=1S/C17H25ClN2O3/c1-11-7-8-20(16(22)23-17(2,3)4)14(9-11)12-5-6-15(18)19-13(12)10-21/h5-6,11,14,21H,7-10H2,1-4H3/t11-,14-/m0/s1. The molecule has 23 heavy (non-hydrogen) atoms. The average molecular weight is 341 g/mol. The lowest BCUT2D eigenvalue weighted by Crippen LogP contribution is -2.43. The summed E-state index contributed by atoms with van der Waals surface area (Å²) in [5.74, 6) is 0.487. The monoisotopic (exact) mass is 340 g/mol. The van der Waals surface area contributed by atoms with E-state index >= 15 is 0 Å². The number of aromatic nitrogens is 1. The number of aliphatic hydroxyl groups is 1. The predicted octanol–water partition coefficient (Wildman–Crippen LogP) is 3.94. The highest BCUT2D eigenvalue weighted by Gasteiger charge is 2.35. The third kappa shape index (κ3) is 4.58. The highest BCUT2D eigenvalue weighted by atomic mass is 35.5. The summed E-state index contributed by atoms with van der Waals surface area (Å²) >= 11 is 5.92. The van der Waals surface area contributed by atoms with E-state index in [1.165, 1.54) is 0 Å². The summed E-state index contributed by atoms with van der Waals surface area (Å²) in [7, 11) is 0. The molecule has 1 amide bonds. The Bertz CT molecular complexity index is 571. The number of likely N-dealkylation sites (tertiary alicyclic amines) is 1. The Morgan fingerprint density at radius 1 is 1.48 bits per heavy atom. The van der Waals surface area contributed by atoms with E-state index in [9.17, 15) is 9.90 Å². The van der Waals surface area contributed by atoms with Crippen LogP contribution >= 0.6 is 11.6 Å². The van der Waals surface area contributed by atoms with Gasteiger partial charge in [0.15, 0.2) is 0 Å². The van der Waals surface area contributed by atoms with Gasteiger partial charge < -0.3 is 14.7 Å². The zero-order valence-electron chi connectivity index (χ0n) is 14.2. The first-order chi connectivity index (χ1) is 10.7. The molecule has 1 aromatic rings. The number of nitrogens with zero attached hydrogens (tertiary/aromatic N) is 2. The number of halogens is 1. The van der Waals surface area contributed by atoms with Gasteiger partial charge in [-0.2, -0.15) is 0 Å². The fourth-order valence-corrected chi connectivity index (χ4v) is 3.06. The van der Waals surface area contributed by atoms with Gasteiger partial charge in [0, 0.05) is 6.54 Å². The van der Waals surface area contributed by atoms with Crippen molar-refractivity contribution in [1.82, 2.24) is 9.88 Å². The minimum atomic E-state index is -0.539. The molecule has 0 unspecified atom stereocenters. The van der Waals surface area contributed by atoms with Gasteiger partial charge in [0.2, 0.25) is 0 Å². The van der Waals surface area contributed by atoms with Gasteiger partial charge in [-0.15, -0.1) is 0 Å². The number of pyridine rings is 1. The van der Waals surface area contributed by atoms with Gasteiger partial charge in [0.25, 0.3) is 0 Å². The average Bonchev–Trinajstić information content (AvgIpc) is 2.45. The molecule has 1 fully saturated rings. The van der Waals surface area contributed by atoms with Gasteiger partial charge in [0.05, 0.1) is 18.3 Å². The molecule has 2 rings (SSSR count). The van der Waals surface area contributed by atoms with Crippen LogP contribution < -0.4 is 0 Å². The molecule has 0 radical (unpaired) electrons.